The highest BCUT2D eigenvalue weighted by Crippen LogP contribution is 2.22. The molecule has 1 aliphatic rings. The van der Waals surface area contributed by atoms with Gasteiger partial charge in [0.1, 0.15) is 0 Å². The Morgan fingerprint density at radius 1 is 1.45 bits per heavy atom. The summed E-state index contributed by atoms with van der Waals surface area (Å²) in [5, 5.41) is 6.48. The third-order valence-electron chi connectivity index (χ3n) is 3.51. The number of hydrogen-bond acceptors (Lipinski definition) is 3. The van der Waals surface area contributed by atoms with Crippen molar-refractivity contribution in [3.05, 3.63) is 29.8 Å². The molecule has 4 nitrogen and oxygen atoms in total. The summed E-state index contributed by atoms with van der Waals surface area (Å²) in [4.78, 5) is 14.2. The van der Waals surface area contributed by atoms with Crippen LogP contribution in [0.4, 0.5) is 5.69 Å². The van der Waals surface area contributed by atoms with Gasteiger partial charge in [-0.25, -0.2) is 0 Å². The molecule has 0 aliphatic carbocycles. The molecule has 1 amide bonds. The summed E-state index contributed by atoms with van der Waals surface area (Å²) >= 11 is 0. The first-order valence-corrected chi connectivity index (χ1v) is 7.39. The number of nitrogens with zero attached hydrogens (tertiary/aromatic N) is 1. The summed E-state index contributed by atoms with van der Waals surface area (Å²) < 4.78 is 0. The largest absolute Gasteiger partial charge is 0.360 e. The van der Waals surface area contributed by atoms with Crippen molar-refractivity contribution in [2.45, 2.75) is 33.4 Å². The number of carbonyl (C=O) groups excluding carboxylic acids is 1. The molecule has 2 N–H and O–H groups in total. The van der Waals surface area contributed by atoms with Gasteiger partial charge in [-0.05, 0) is 24.5 Å². The van der Waals surface area contributed by atoms with Crippen LogP contribution in [0.1, 0.15) is 26.3 Å². The number of carbonyl (C=O) groups is 1. The first-order valence-electron chi connectivity index (χ1n) is 7.39. The highest BCUT2D eigenvalue weighted by molar-refractivity contribution is 5.81. The third kappa shape index (κ3) is 3.97. The van der Waals surface area contributed by atoms with Gasteiger partial charge in [-0.15, -0.1) is 0 Å². The molecule has 0 fully saturated rings. The molecule has 1 atom stereocenters. The lowest BCUT2D eigenvalue weighted by Crippen LogP contribution is -2.42. The molecule has 1 unspecified atom stereocenters. The van der Waals surface area contributed by atoms with Crippen molar-refractivity contribution in [1.82, 2.24) is 10.6 Å². The molecule has 0 aromatic heterocycles. The lowest BCUT2D eigenvalue weighted by Gasteiger charge is -2.26. The van der Waals surface area contributed by atoms with E-state index in [0.29, 0.717) is 18.5 Å². The van der Waals surface area contributed by atoms with Gasteiger partial charge < -0.3 is 15.5 Å². The summed E-state index contributed by atoms with van der Waals surface area (Å²) in [5.41, 5.74) is 2.43. The van der Waals surface area contributed by atoms with Crippen LogP contribution in [0, 0.1) is 5.92 Å². The second-order valence-corrected chi connectivity index (χ2v) is 5.99. The maximum Gasteiger partial charge on any atom is 0.239 e. The molecule has 0 saturated carbocycles. The van der Waals surface area contributed by atoms with E-state index in [2.05, 4.69) is 48.4 Å². The van der Waals surface area contributed by atoms with Crippen LogP contribution in [-0.4, -0.2) is 31.6 Å². The van der Waals surface area contributed by atoms with E-state index in [-0.39, 0.29) is 5.91 Å². The van der Waals surface area contributed by atoms with Gasteiger partial charge in [0.25, 0.3) is 0 Å². The van der Waals surface area contributed by atoms with Crippen molar-refractivity contribution in [2.24, 2.45) is 5.92 Å². The van der Waals surface area contributed by atoms with E-state index < -0.39 is 0 Å². The molecule has 1 aromatic carbocycles. The van der Waals surface area contributed by atoms with E-state index in [1.807, 2.05) is 12.1 Å². The number of fused-ring (bicyclic) bond motifs is 1. The van der Waals surface area contributed by atoms with Crippen LogP contribution in [0.25, 0.3) is 0 Å². The van der Waals surface area contributed by atoms with Crippen molar-refractivity contribution >= 4 is 11.6 Å². The van der Waals surface area contributed by atoms with Gasteiger partial charge in [0.05, 0.1) is 6.54 Å². The molecule has 1 aliphatic heterocycles. The van der Waals surface area contributed by atoms with Crippen molar-refractivity contribution in [3.8, 4) is 0 Å². The molecule has 1 heterocycles. The number of amides is 1. The van der Waals surface area contributed by atoms with Crippen LogP contribution in [-0.2, 0) is 11.3 Å². The van der Waals surface area contributed by atoms with E-state index in [0.717, 1.165) is 19.6 Å². The molecule has 0 bridgehead atoms. The van der Waals surface area contributed by atoms with Crippen LogP contribution in [0.5, 0.6) is 0 Å². The molecule has 2 rings (SSSR count). The fraction of sp³-hybridized carbons (Fsp3) is 0.562. The molecular weight excluding hydrogens is 250 g/mol. The predicted molar refractivity (Wildman–Crippen MR) is 82.8 cm³/mol. The Balaban J connectivity index is 2.07. The summed E-state index contributed by atoms with van der Waals surface area (Å²) in [5.74, 6) is 0.582. The van der Waals surface area contributed by atoms with Gasteiger partial charge in [0.15, 0.2) is 0 Å². The molecule has 20 heavy (non-hydrogen) atoms. The van der Waals surface area contributed by atoms with Crippen LogP contribution in [0.2, 0.25) is 0 Å². The Hall–Kier alpha value is -1.55. The Morgan fingerprint density at radius 3 is 2.95 bits per heavy atom. The SMILES string of the molecule is CC(C)CNC(=O)CN1CC(C)NCc2ccccc21. The van der Waals surface area contributed by atoms with E-state index >= 15 is 0 Å². The Labute approximate surface area is 121 Å². The van der Waals surface area contributed by atoms with E-state index in [1.165, 1.54) is 11.3 Å². The number of anilines is 1. The van der Waals surface area contributed by atoms with Crippen LogP contribution in [0.15, 0.2) is 24.3 Å². The molecule has 1 aromatic rings. The highest BCUT2D eigenvalue weighted by atomic mass is 16.2. The summed E-state index contributed by atoms with van der Waals surface area (Å²) in [6, 6.07) is 8.69. The normalized spacial score (nSPS) is 18.6. The minimum absolute atomic E-state index is 0.0996. The first kappa shape index (κ1) is 14.9. The van der Waals surface area contributed by atoms with E-state index in [9.17, 15) is 4.79 Å². The topological polar surface area (TPSA) is 44.4 Å². The monoisotopic (exact) mass is 275 g/mol. The van der Waals surface area contributed by atoms with Crippen LogP contribution < -0.4 is 15.5 Å². The first-order chi connectivity index (χ1) is 9.56. The standard InChI is InChI=1S/C16H25N3O/c1-12(2)8-18-16(20)11-19-10-13(3)17-9-14-6-4-5-7-15(14)19/h4-7,12-13,17H,8-11H2,1-3H3,(H,18,20). The molecule has 4 heteroatoms. The number of rotatable bonds is 4. The van der Waals surface area contributed by atoms with Crippen molar-refractivity contribution in [2.75, 3.05) is 24.5 Å². The molecule has 0 spiro atoms. The Kier molecular flexibility index (Phi) is 5.01. The number of benzene rings is 1. The summed E-state index contributed by atoms with van der Waals surface area (Å²) in [7, 11) is 0. The van der Waals surface area contributed by atoms with E-state index in [4.69, 9.17) is 0 Å². The number of para-hydroxylation sites is 1. The van der Waals surface area contributed by atoms with Crippen molar-refractivity contribution < 1.29 is 4.79 Å². The average Bonchev–Trinajstić information content (AvgIpc) is 2.57. The second kappa shape index (κ2) is 6.75. The molecule has 110 valence electrons. The van der Waals surface area contributed by atoms with Gasteiger partial charge >= 0.3 is 0 Å². The minimum Gasteiger partial charge on any atom is -0.360 e. The lowest BCUT2D eigenvalue weighted by atomic mass is 10.1. The van der Waals surface area contributed by atoms with Gasteiger partial charge in [0.2, 0.25) is 5.91 Å². The maximum atomic E-state index is 12.1. The molecular formula is C16H25N3O. The summed E-state index contributed by atoms with van der Waals surface area (Å²) in [6.45, 7) is 9.25. The van der Waals surface area contributed by atoms with E-state index in [1.54, 1.807) is 0 Å². The smallest absolute Gasteiger partial charge is 0.239 e. The minimum atomic E-state index is 0.0996. The Bertz CT molecular complexity index is 459. The van der Waals surface area contributed by atoms with Gasteiger partial charge in [-0.2, -0.15) is 0 Å². The lowest BCUT2D eigenvalue weighted by molar-refractivity contribution is -0.119. The maximum absolute atomic E-state index is 12.1. The predicted octanol–water partition coefficient (Wildman–Crippen LogP) is 1.76. The van der Waals surface area contributed by atoms with Gasteiger partial charge in [0, 0.05) is 31.4 Å². The highest BCUT2D eigenvalue weighted by Gasteiger charge is 2.20. The average molecular weight is 275 g/mol. The zero-order chi connectivity index (χ0) is 14.5. The van der Waals surface area contributed by atoms with Crippen LogP contribution in [0.3, 0.4) is 0 Å². The fourth-order valence-electron chi connectivity index (χ4n) is 2.44. The van der Waals surface area contributed by atoms with Gasteiger partial charge in [-0.1, -0.05) is 32.0 Å². The quantitative estimate of drug-likeness (QED) is 0.880. The molecule has 0 saturated heterocycles. The van der Waals surface area contributed by atoms with Crippen LogP contribution >= 0.6 is 0 Å². The van der Waals surface area contributed by atoms with Crippen molar-refractivity contribution in [1.29, 1.82) is 0 Å². The number of nitrogens with one attached hydrogen (secondary N) is 2. The third-order valence-corrected chi connectivity index (χ3v) is 3.51. The molecule has 0 radical (unpaired) electrons. The fourth-order valence-corrected chi connectivity index (χ4v) is 2.44. The second-order valence-electron chi connectivity index (χ2n) is 5.99. The summed E-state index contributed by atoms with van der Waals surface area (Å²) in [6.07, 6.45) is 0. The van der Waals surface area contributed by atoms with Gasteiger partial charge in [-0.3, -0.25) is 4.79 Å². The Morgan fingerprint density at radius 2 is 2.20 bits per heavy atom. The van der Waals surface area contributed by atoms with Crippen molar-refractivity contribution in [3.63, 3.8) is 0 Å². The zero-order valence-corrected chi connectivity index (χ0v) is 12.6. The number of hydrogen-bond donors (Lipinski definition) is 2. The zero-order valence-electron chi connectivity index (χ0n) is 12.6.